The van der Waals surface area contributed by atoms with Crippen molar-refractivity contribution >= 4 is 34.5 Å². The lowest BCUT2D eigenvalue weighted by atomic mass is 10.1. The fourth-order valence-corrected chi connectivity index (χ4v) is 4.42. The van der Waals surface area contributed by atoms with Crippen LogP contribution >= 0.6 is 11.6 Å². The third-order valence-corrected chi connectivity index (χ3v) is 6.19. The molecule has 1 amide bonds. The molecule has 176 valence electrons. The topological polar surface area (TPSA) is 62.1 Å². The summed E-state index contributed by atoms with van der Waals surface area (Å²) in [5.74, 6) is 0.177. The van der Waals surface area contributed by atoms with Crippen LogP contribution in [0.1, 0.15) is 56.1 Å². The number of rotatable bonds is 14. The zero-order valence-corrected chi connectivity index (χ0v) is 20.2. The molecule has 0 aliphatic rings. The van der Waals surface area contributed by atoms with Crippen LogP contribution in [-0.2, 0) is 11.2 Å². The third-order valence-electron chi connectivity index (χ3n) is 5.96. The monoisotopic (exact) mass is 465 g/mol. The maximum Gasteiger partial charge on any atom is 0.222 e. The number of unbranched alkanes of at least 4 members (excludes halogenated alkanes) is 4. The van der Waals surface area contributed by atoms with Crippen molar-refractivity contribution in [1.29, 1.82) is 0 Å². The van der Waals surface area contributed by atoms with E-state index in [-0.39, 0.29) is 5.91 Å². The first-order valence-corrected chi connectivity index (χ1v) is 12.5. The first-order valence-electron chi connectivity index (χ1n) is 12.1. The second-order valence-electron chi connectivity index (χ2n) is 8.59. The van der Waals surface area contributed by atoms with E-state index in [9.17, 15) is 4.79 Å². The quantitative estimate of drug-likeness (QED) is 0.266. The maximum atomic E-state index is 13.1. The number of para-hydroxylation sites is 1. The van der Waals surface area contributed by atoms with Gasteiger partial charge in [0.25, 0.3) is 0 Å². The number of aryl methyl sites for hydroxylation is 1. The molecule has 3 N–H and O–H groups in total. The zero-order valence-electron chi connectivity index (χ0n) is 19.4. The number of hydrogen-bond acceptors (Lipinski definition) is 2. The van der Waals surface area contributed by atoms with Crippen molar-refractivity contribution in [3.63, 3.8) is 0 Å². The molecule has 0 fully saturated rings. The van der Waals surface area contributed by atoms with Crippen molar-refractivity contribution in [3.8, 4) is 0 Å². The van der Waals surface area contributed by atoms with E-state index in [4.69, 9.17) is 17.3 Å². The van der Waals surface area contributed by atoms with Gasteiger partial charge in [-0.15, -0.1) is 0 Å². The molecule has 0 saturated carbocycles. The summed E-state index contributed by atoms with van der Waals surface area (Å²) in [6.45, 7) is 1.96. The van der Waals surface area contributed by atoms with Gasteiger partial charge in [-0.2, -0.15) is 0 Å². The van der Waals surface area contributed by atoms with Gasteiger partial charge in [0.1, 0.15) is 0 Å². The Labute approximate surface area is 202 Å². The van der Waals surface area contributed by atoms with Crippen molar-refractivity contribution in [3.05, 3.63) is 77.0 Å². The van der Waals surface area contributed by atoms with Crippen LogP contribution < -0.4 is 5.73 Å². The Morgan fingerprint density at radius 3 is 2.48 bits per heavy atom. The Morgan fingerprint density at radius 2 is 1.67 bits per heavy atom. The Kier molecular flexibility index (Phi) is 10.5. The standard InChI is InChI=1S/C28H36ClN3O/c29-25(20-23-12-5-4-6-13-23)22-32(19-10-3-1-2-9-18-30)28(33)17-11-14-24-21-31-27-16-8-7-15-26(24)27/h4-8,12-13,15-16,20-21,31H,1-3,9-11,14,17-19,22,30H2/b25-20-. The summed E-state index contributed by atoms with van der Waals surface area (Å²) in [4.78, 5) is 18.4. The lowest BCUT2D eigenvalue weighted by Gasteiger charge is -2.23. The van der Waals surface area contributed by atoms with Gasteiger partial charge in [-0.3, -0.25) is 4.79 Å². The summed E-state index contributed by atoms with van der Waals surface area (Å²) in [5.41, 5.74) is 9.05. The van der Waals surface area contributed by atoms with Gasteiger partial charge in [0.05, 0.1) is 6.54 Å². The van der Waals surface area contributed by atoms with Gasteiger partial charge >= 0.3 is 0 Å². The minimum absolute atomic E-state index is 0.177. The van der Waals surface area contributed by atoms with Crippen LogP contribution in [0.5, 0.6) is 0 Å². The lowest BCUT2D eigenvalue weighted by molar-refractivity contribution is -0.130. The van der Waals surface area contributed by atoms with Gasteiger partial charge in [-0.05, 0) is 55.5 Å². The predicted octanol–water partition coefficient (Wildman–Crippen LogP) is 6.51. The molecule has 0 saturated heterocycles. The van der Waals surface area contributed by atoms with Crippen LogP contribution in [0, 0.1) is 0 Å². The molecule has 1 heterocycles. The second kappa shape index (κ2) is 13.9. The SMILES string of the molecule is NCCCCCCCN(C/C(Cl)=C/c1ccccc1)C(=O)CCCc1c[nH]c2ccccc12. The Bertz CT molecular complexity index is 1010. The number of aromatic amines is 1. The number of H-pyrrole nitrogens is 1. The van der Waals surface area contributed by atoms with Crippen molar-refractivity contribution < 1.29 is 4.79 Å². The summed E-state index contributed by atoms with van der Waals surface area (Å²) < 4.78 is 0. The molecular formula is C28H36ClN3O. The van der Waals surface area contributed by atoms with Crippen LogP contribution in [0.25, 0.3) is 17.0 Å². The fraction of sp³-hybridized carbons (Fsp3) is 0.393. The van der Waals surface area contributed by atoms with Crippen LogP contribution in [0.4, 0.5) is 0 Å². The normalized spacial score (nSPS) is 11.8. The summed E-state index contributed by atoms with van der Waals surface area (Å²) in [7, 11) is 0. The molecule has 0 atom stereocenters. The van der Waals surface area contributed by atoms with E-state index in [2.05, 4.69) is 29.4 Å². The first kappa shape index (κ1) is 25.1. The molecule has 1 aromatic heterocycles. The van der Waals surface area contributed by atoms with E-state index in [0.29, 0.717) is 18.0 Å². The molecule has 0 radical (unpaired) electrons. The highest BCUT2D eigenvalue weighted by atomic mass is 35.5. The molecule has 0 aliphatic carbocycles. The average Bonchev–Trinajstić information content (AvgIpc) is 3.24. The molecule has 0 unspecified atom stereocenters. The Morgan fingerprint density at radius 1 is 0.939 bits per heavy atom. The van der Waals surface area contributed by atoms with E-state index < -0.39 is 0 Å². The smallest absolute Gasteiger partial charge is 0.222 e. The molecular weight excluding hydrogens is 430 g/mol. The van der Waals surface area contributed by atoms with Crippen molar-refractivity contribution in [2.45, 2.75) is 51.4 Å². The van der Waals surface area contributed by atoms with E-state index in [1.54, 1.807) is 0 Å². The highest BCUT2D eigenvalue weighted by Gasteiger charge is 2.15. The lowest BCUT2D eigenvalue weighted by Crippen LogP contribution is -2.33. The minimum Gasteiger partial charge on any atom is -0.361 e. The third kappa shape index (κ3) is 8.38. The highest BCUT2D eigenvalue weighted by Crippen LogP contribution is 2.20. The van der Waals surface area contributed by atoms with E-state index in [1.165, 1.54) is 10.9 Å². The molecule has 4 nitrogen and oxygen atoms in total. The number of carbonyl (C=O) groups is 1. The van der Waals surface area contributed by atoms with Gasteiger partial charge in [0.15, 0.2) is 0 Å². The molecule has 0 spiro atoms. The molecule has 33 heavy (non-hydrogen) atoms. The summed E-state index contributed by atoms with van der Waals surface area (Å²) >= 11 is 6.57. The summed E-state index contributed by atoms with van der Waals surface area (Å²) in [6.07, 6.45) is 11.8. The van der Waals surface area contributed by atoms with E-state index in [1.807, 2.05) is 47.4 Å². The average molecular weight is 466 g/mol. The van der Waals surface area contributed by atoms with Crippen LogP contribution in [0.2, 0.25) is 0 Å². The molecule has 0 aliphatic heterocycles. The minimum atomic E-state index is 0.177. The molecule has 0 bridgehead atoms. The number of aromatic nitrogens is 1. The second-order valence-corrected chi connectivity index (χ2v) is 9.07. The number of hydrogen-bond donors (Lipinski definition) is 2. The number of carbonyl (C=O) groups excluding carboxylic acids is 1. The number of benzene rings is 2. The summed E-state index contributed by atoms with van der Waals surface area (Å²) in [6, 6.07) is 18.3. The van der Waals surface area contributed by atoms with Crippen molar-refractivity contribution in [2.75, 3.05) is 19.6 Å². The van der Waals surface area contributed by atoms with Crippen molar-refractivity contribution in [2.24, 2.45) is 5.73 Å². The predicted molar refractivity (Wildman–Crippen MR) is 140 cm³/mol. The van der Waals surface area contributed by atoms with Crippen LogP contribution in [0.3, 0.4) is 0 Å². The Balaban J connectivity index is 1.55. The van der Waals surface area contributed by atoms with E-state index in [0.717, 1.165) is 69.1 Å². The molecule has 3 aromatic rings. The van der Waals surface area contributed by atoms with Gasteiger partial charge in [-0.25, -0.2) is 0 Å². The highest BCUT2D eigenvalue weighted by molar-refractivity contribution is 6.31. The molecule has 3 rings (SSSR count). The zero-order chi connectivity index (χ0) is 23.3. The summed E-state index contributed by atoms with van der Waals surface area (Å²) in [5, 5.41) is 1.93. The number of nitrogens with one attached hydrogen (secondary N) is 1. The number of fused-ring (bicyclic) bond motifs is 1. The first-order chi connectivity index (χ1) is 16.2. The van der Waals surface area contributed by atoms with Crippen LogP contribution in [0.15, 0.2) is 65.8 Å². The van der Waals surface area contributed by atoms with Gasteiger partial charge < -0.3 is 15.6 Å². The van der Waals surface area contributed by atoms with Gasteiger partial charge in [0.2, 0.25) is 5.91 Å². The fourth-order valence-electron chi connectivity index (χ4n) is 4.15. The number of amides is 1. The van der Waals surface area contributed by atoms with Gasteiger partial charge in [-0.1, -0.05) is 79.4 Å². The Hall–Kier alpha value is -2.56. The largest absolute Gasteiger partial charge is 0.361 e. The van der Waals surface area contributed by atoms with Crippen LogP contribution in [-0.4, -0.2) is 35.4 Å². The molecule has 5 heteroatoms. The number of nitrogens with two attached hydrogens (primary N) is 1. The number of halogens is 1. The maximum absolute atomic E-state index is 13.1. The molecule has 2 aromatic carbocycles. The number of nitrogens with zero attached hydrogens (tertiary/aromatic N) is 1. The van der Waals surface area contributed by atoms with E-state index >= 15 is 0 Å². The van der Waals surface area contributed by atoms with Crippen molar-refractivity contribution in [1.82, 2.24) is 9.88 Å². The van der Waals surface area contributed by atoms with Gasteiger partial charge in [0, 0.05) is 35.1 Å².